The van der Waals surface area contributed by atoms with E-state index < -0.39 is 0 Å². The highest BCUT2D eigenvalue weighted by atomic mass is 79.9. The minimum atomic E-state index is 0.0168. The van der Waals surface area contributed by atoms with Crippen molar-refractivity contribution >= 4 is 21.7 Å². The first-order valence-electron chi connectivity index (χ1n) is 6.38. The lowest BCUT2D eigenvalue weighted by Crippen LogP contribution is -2.13. The van der Waals surface area contributed by atoms with Crippen molar-refractivity contribution < 1.29 is 4.79 Å². The van der Waals surface area contributed by atoms with Gasteiger partial charge in [-0.2, -0.15) is 0 Å². The van der Waals surface area contributed by atoms with Gasteiger partial charge in [0.1, 0.15) is 0 Å². The molecule has 0 radical (unpaired) electrons. The van der Waals surface area contributed by atoms with E-state index in [-0.39, 0.29) is 11.2 Å². The maximum atomic E-state index is 12.6. The highest BCUT2D eigenvalue weighted by Crippen LogP contribution is 2.43. The lowest BCUT2D eigenvalue weighted by molar-refractivity contribution is 0.104. The molecule has 0 aliphatic heterocycles. The van der Waals surface area contributed by atoms with E-state index in [0.717, 1.165) is 26.7 Å². The molecule has 19 heavy (non-hydrogen) atoms. The summed E-state index contributed by atoms with van der Waals surface area (Å²) < 4.78 is 0.943. The van der Waals surface area contributed by atoms with E-state index in [9.17, 15) is 4.79 Å². The van der Waals surface area contributed by atoms with E-state index >= 15 is 0 Å². The van der Waals surface area contributed by atoms with Crippen LogP contribution in [0.3, 0.4) is 0 Å². The Bertz CT molecular complexity index is 693. The number of halogens is 1. The molecule has 0 fully saturated rings. The Morgan fingerprint density at radius 1 is 0.895 bits per heavy atom. The predicted octanol–water partition coefficient (Wildman–Crippen LogP) is 4.96. The van der Waals surface area contributed by atoms with E-state index in [1.807, 2.05) is 24.3 Å². The monoisotopic (exact) mass is 314 g/mol. The number of hydrogen-bond acceptors (Lipinski definition) is 1. The number of benzene rings is 2. The van der Waals surface area contributed by atoms with Gasteiger partial charge in [-0.25, -0.2) is 0 Å². The minimum absolute atomic E-state index is 0.0168. The van der Waals surface area contributed by atoms with Crippen LogP contribution in [0, 0.1) is 0 Å². The van der Waals surface area contributed by atoms with E-state index in [1.54, 1.807) is 0 Å². The summed E-state index contributed by atoms with van der Waals surface area (Å²) in [6, 6.07) is 12.0. The Balaban J connectivity index is 2.32. The van der Waals surface area contributed by atoms with E-state index in [1.165, 1.54) is 5.56 Å². The molecule has 0 heterocycles. The Kier molecular flexibility index (Phi) is 2.68. The molecule has 1 nitrogen and oxygen atoms in total. The zero-order chi connectivity index (χ0) is 13.8. The van der Waals surface area contributed by atoms with Crippen molar-refractivity contribution in [1.29, 1.82) is 0 Å². The SMILES string of the molecule is CC(C)(C)c1ccc2c(c1Br)C(=O)c1ccccc1-2. The summed E-state index contributed by atoms with van der Waals surface area (Å²) in [5.74, 6) is 0.128. The van der Waals surface area contributed by atoms with Crippen LogP contribution >= 0.6 is 15.9 Å². The summed E-state index contributed by atoms with van der Waals surface area (Å²) in [5, 5.41) is 0. The highest BCUT2D eigenvalue weighted by molar-refractivity contribution is 9.10. The average Bonchev–Trinajstić information content (AvgIpc) is 2.64. The molecule has 0 spiro atoms. The molecular formula is C17H15BrO. The Morgan fingerprint density at radius 3 is 2.16 bits per heavy atom. The fraction of sp³-hybridized carbons (Fsp3) is 0.235. The number of carbonyl (C=O) groups excluding carboxylic acids is 1. The van der Waals surface area contributed by atoms with Gasteiger partial charge in [-0.15, -0.1) is 0 Å². The average molecular weight is 315 g/mol. The van der Waals surface area contributed by atoms with Crippen LogP contribution in [0.15, 0.2) is 40.9 Å². The molecule has 0 atom stereocenters. The number of carbonyl (C=O) groups is 1. The van der Waals surface area contributed by atoms with Crippen molar-refractivity contribution in [2.24, 2.45) is 0 Å². The maximum absolute atomic E-state index is 12.6. The molecule has 2 aromatic carbocycles. The normalized spacial score (nSPS) is 13.4. The maximum Gasteiger partial charge on any atom is 0.195 e. The van der Waals surface area contributed by atoms with Crippen molar-refractivity contribution in [3.8, 4) is 11.1 Å². The molecule has 0 saturated carbocycles. The van der Waals surface area contributed by atoms with Crippen LogP contribution in [-0.4, -0.2) is 5.78 Å². The van der Waals surface area contributed by atoms with Gasteiger partial charge in [0.15, 0.2) is 5.78 Å². The molecule has 0 saturated heterocycles. The first kappa shape index (κ1) is 12.6. The van der Waals surface area contributed by atoms with Crippen LogP contribution in [0.2, 0.25) is 0 Å². The third-order valence-corrected chi connectivity index (χ3v) is 4.46. The fourth-order valence-electron chi connectivity index (χ4n) is 2.65. The molecule has 2 heteroatoms. The van der Waals surface area contributed by atoms with E-state index in [4.69, 9.17) is 0 Å². The van der Waals surface area contributed by atoms with Crippen LogP contribution in [0.1, 0.15) is 42.3 Å². The van der Waals surface area contributed by atoms with E-state index in [0.29, 0.717) is 0 Å². The summed E-state index contributed by atoms with van der Waals surface area (Å²) >= 11 is 3.65. The topological polar surface area (TPSA) is 17.1 Å². The molecule has 0 aromatic heterocycles. The fourth-order valence-corrected chi connectivity index (χ4v) is 3.77. The van der Waals surface area contributed by atoms with Gasteiger partial charge in [0, 0.05) is 15.6 Å². The van der Waals surface area contributed by atoms with Gasteiger partial charge in [-0.3, -0.25) is 4.79 Å². The van der Waals surface area contributed by atoms with Crippen LogP contribution in [-0.2, 0) is 5.41 Å². The summed E-state index contributed by atoms with van der Waals surface area (Å²) in [6.45, 7) is 6.48. The number of hydrogen-bond donors (Lipinski definition) is 0. The van der Waals surface area contributed by atoms with Gasteiger partial charge in [0.25, 0.3) is 0 Å². The van der Waals surface area contributed by atoms with Gasteiger partial charge in [0.2, 0.25) is 0 Å². The van der Waals surface area contributed by atoms with Crippen molar-refractivity contribution in [2.75, 3.05) is 0 Å². The van der Waals surface area contributed by atoms with E-state index in [2.05, 4.69) is 48.8 Å². The Labute approximate surface area is 121 Å². The molecule has 0 amide bonds. The summed E-state index contributed by atoms with van der Waals surface area (Å²) in [7, 11) is 0. The van der Waals surface area contributed by atoms with Gasteiger partial charge >= 0.3 is 0 Å². The lowest BCUT2D eigenvalue weighted by atomic mass is 9.85. The smallest absolute Gasteiger partial charge is 0.195 e. The summed E-state index contributed by atoms with van der Waals surface area (Å²) in [4.78, 5) is 12.6. The van der Waals surface area contributed by atoms with Gasteiger partial charge in [-0.1, -0.05) is 57.2 Å². The number of fused-ring (bicyclic) bond motifs is 3. The third kappa shape index (κ3) is 1.78. The molecule has 0 N–H and O–H groups in total. The Hall–Kier alpha value is -1.41. The number of rotatable bonds is 0. The van der Waals surface area contributed by atoms with Crippen LogP contribution < -0.4 is 0 Å². The van der Waals surface area contributed by atoms with Crippen molar-refractivity contribution in [3.63, 3.8) is 0 Å². The highest BCUT2D eigenvalue weighted by Gasteiger charge is 2.31. The minimum Gasteiger partial charge on any atom is -0.289 e. The molecule has 3 rings (SSSR count). The second-order valence-corrected chi connectivity index (χ2v) is 6.77. The quantitative estimate of drug-likeness (QED) is 0.573. The first-order chi connectivity index (χ1) is 8.91. The second kappa shape index (κ2) is 4.04. The molecular weight excluding hydrogens is 300 g/mol. The van der Waals surface area contributed by atoms with Crippen LogP contribution in [0.4, 0.5) is 0 Å². The summed E-state index contributed by atoms with van der Waals surface area (Å²) in [6.07, 6.45) is 0. The Morgan fingerprint density at radius 2 is 1.53 bits per heavy atom. The van der Waals surface area contributed by atoms with Gasteiger partial charge in [-0.05, 0) is 38.0 Å². The second-order valence-electron chi connectivity index (χ2n) is 5.97. The van der Waals surface area contributed by atoms with Crippen molar-refractivity contribution in [1.82, 2.24) is 0 Å². The van der Waals surface area contributed by atoms with Crippen LogP contribution in [0.5, 0.6) is 0 Å². The van der Waals surface area contributed by atoms with Gasteiger partial charge in [0.05, 0.1) is 0 Å². The zero-order valence-electron chi connectivity index (χ0n) is 11.3. The molecule has 0 unspecified atom stereocenters. The molecule has 1 aliphatic carbocycles. The van der Waals surface area contributed by atoms with Crippen LogP contribution in [0.25, 0.3) is 11.1 Å². The first-order valence-corrected chi connectivity index (χ1v) is 7.17. The van der Waals surface area contributed by atoms with Gasteiger partial charge < -0.3 is 0 Å². The summed E-state index contributed by atoms with van der Waals surface area (Å²) in [5.41, 5.74) is 4.90. The largest absolute Gasteiger partial charge is 0.289 e. The lowest BCUT2D eigenvalue weighted by Gasteiger charge is -2.22. The molecule has 96 valence electrons. The standard InChI is InChI=1S/C17H15BrO/c1-17(2,3)13-9-8-11-10-6-4-5-7-12(10)16(19)14(11)15(13)18/h4-9H,1-3H3. The van der Waals surface area contributed by atoms with Crippen molar-refractivity contribution in [2.45, 2.75) is 26.2 Å². The molecule has 0 bridgehead atoms. The molecule has 2 aromatic rings. The predicted molar refractivity (Wildman–Crippen MR) is 81.7 cm³/mol. The van der Waals surface area contributed by atoms with Crippen molar-refractivity contribution in [3.05, 3.63) is 57.6 Å². The molecule has 1 aliphatic rings. The number of ketones is 1. The zero-order valence-corrected chi connectivity index (χ0v) is 12.8. The third-order valence-electron chi connectivity index (χ3n) is 3.64.